The van der Waals surface area contributed by atoms with Gasteiger partial charge in [0.25, 0.3) is 0 Å². The first kappa shape index (κ1) is 13.1. The highest BCUT2D eigenvalue weighted by atomic mass is 19.4. The van der Waals surface area contributed by atoms with E-state index in [1.165, 1.54) is 30.5 Å². The molecular formula is C13H8F3NO2. The summed E-state index contributed by atoms with van der Waals surface area (Å²) in [6.07, 6.45) is -2.70. The smallest absolute Gasteiger partial charge is 0.406 e. The highest BCUT2D eigenvalue weighted by molar-refractivity contribution is 5.85. The molecule has 0 spiro atoms. The third-order valence-corrected chi connectivity index (χ3v) is 2.31. The predicted molar refractivity (Wildman–Crippen MR) is 61.7 cm³/mol. The van der Waals surface area contributed by atoms with Gasteiger partial charge in [0, 0.05) is 17.3 Å². The summed E-state index contributed by atoms with van der Waals surface area (Å²) in [5.41, 5.74) is 0.987. The summed E-state index contributed by atoms with van der Waals surface area (Å²) in [5.74, 6) is -0.354. The van der Waals surface area contributed by atoms with Crippen LogP contribution in [0, 0.1) is 0 Å². The van der Waals surface area contributed by atoms with Crippen molar-refractivity contribution >= 4 is 6.29 Å². The van der Waals surface area contributed by atoms with Crippen molar-refractivity contribution in [2.75, 3.05) is 0 Å². The third-order valence-electron chi connectivity index (χ3n) is 2.31. The monoisotopic (exact) mass is 267 g/mol. The van der Waals surface area contributed by atoms with Crippen molar-refractivity contribution in [2.45, 2.75) is 6.36 Å². The number of hydrogen-bond acceptors (Lipinski definition) is 3. The number of hydrogen-bond donors (Lipinski definition) is 0. The van der Waals surface area contributed by atoms with E-state index in [9.17, 15) is 18.0 Å². The fraction of sp³-hybridized carbons (Fsp3) is 0.0769. The highest BCUT2D eigenvalue weighted by Crippen LogP contribution is 2.28. The van der Waals surface area contributed by atoms with Crippen LogP contribution in [-0.4, -0.2) is 17.6 Å². The van der Waals surface area contributed by atoms with E-state index in [2.05, 4.69) is 9.72 Å². The van der Waals surface area contributed by atoms with Gasteiger partial charge in [0.15, 0.2) is 6.29 Å². The minimum atomic E-state index is -4.75. The molecule has 0 saturated carbocycles. The second-order valence-corrected chi connectivity index (χ2v) is 3.63. The SMILES string of the molecule is O=Cc1cccnc1-c1cccc(OC(F)(F)F)c1. The topological polar surface area (TPSA) is 39.2 Å². The number of rotatable bonds is 3. The second kappa shape index (κ2) is 5.09. The molecule has 0 aliphatic rings. The molecule has 0 aliphatic carbocycles. The van der Waals surface area contributed by atoms with Crippen molar-refractivity contribution in [3.8, 4) is 17.0 Å². The lowest BCUT2D eigenvalue weighted by Gasteiger charge is -2.10. The molecule has 19 heavy (non-hydrogen) atoms. The predicted octanol–water partition coefficient (Wildman–Crippen LogP) is 3.46. The van der Waals surface area contributed by atoms with Gasteiger partial charge in [0.05, 0.1) is 5.69 Å². The molecule has 0 N–H and O–H groups in total. The molecule has 0 radical (unpaired) electrons. The van der Waals surface area contributed by atoms with Crippen molar-refractivity contribution in [3.63, 3.8) is 0 Å². The number of carbonyl (C=O) groups is 1. The van der Waals surface area contributed by atoms with Crippen LogP contribution in [0.4, 0.5) is 13.2 Å². The number of aldehydes is 1. The fourth-order valence-corrected chi connectivity index (χ4v) is 1.59. The van der Waals surface area contributed by atoms with E-state index < -0.39 is 6.36 Å². The Morgan fingerprint density at radius 1 is 1.16 bits per heavy atom. The van der Waals surface area contributed by atoms with Crippen molar-refractivity contribution in [1.82, 2.24) is 4.98 Å². The summed E-state index contributed by atoms with van der Waals surface area (Å²) in [5, 5.41) is 0. The van der Waals surface area contributed by atoms with Crippen molar-refractivity contribution in [1.29, 1.82) is 0 Å². The minimum Gasteiger partial charge on any atom is -0.406 e. The number of alkyl halides is 3. The number of aromatic nitrogens is 1. The molecular weight excluding hydrogens is 259 g/mol. The number of ether oxygens (including phenoxy) is 1. The van der Waals surface area contributed by atoms with Gasteiger partial charge < -0.3 is 4.74 Å². The summed E-state index contributed by atoms with van der Waals surface area (Å²) < 4.78 is 40.2. The van der Waals surface area contributed by atoms with E-state index in [4.69, 9.17) is 0 Å². The molecule has 0 amide bonds. The molecule has 0 saturated heterocycles. The van der Waals surface area contributed by atoms with E-state index >= 15 is 0 Å². The second-order valence-electron chi connectivity index (χ2n) is 3.63. The molecule has 0 unspecified atom stereocenters. The number of pyridine rings is 1. The van der Waals surface area contributed by atoms with Gasteiger partial charge in [0.2, 0.25) is 0 Å². The first-order chi connectivity index (χ1) is 8.99. The Labute approximate surface area is 106 Å². The van der Waals surface area contributed by atoms with Crippen molar-refractivity contribution in [2.24, 2.45) is 0 Å². The number of halogens is 3. The number of benzene rings is 1. The third kappa shape index (κ3) is 3.31. The average Bonchev–Trinajstić information content (AvgIpc) is 2.37. The van der Waals surface area contributed by atoms with Crippen LogP contribution in [0.25, 0.3) is 11.3 Å². The summed E-state index contributed by atoms with van der Waals surface area (Å²) in [6.45, 7) is 0. The molecule has 0 aliphatic heterocycles. The zero-order valence-electron chi connectivity index (χ0n) is 9.52. The molecule has 2 rings (SSSR count). The molecule has 1 aromatic carbocycles. The molecule has 0 atom stereocenters. The van der Waals surface area contributed by atoms with Gasteiger partial charge in [-0.25, -0.2) is 0 Å². The normalized spacial score (nSPS) is 11.1. The van der Waals surface area contributed by atoms with Gasteiger partial charge in [-0.2, -0.15) is 0 Å². The summed E-state index contributed by atoms with van der Waals surface area (Å²) >= 11 is 0. The maximum absolute atomic E-state index is 12.1. The lowest BCUT2D eigenvalue weighted by Crippen LogP contribution is -2.17. The summed E-state index contributed by atoms with van der Waals surface area (Å²) in [7, 11) is 0. The van der Waals surface area contributed by atoms with Crippen LogP contribution in [0.5, 0.6) is 5.75 Å². The molecule has 1 heterocycles. The van der Waals surface area contributed by atoms with Gasteiger partial charge in [-0.1, -0.05) is 12.1 Å². The Bertz CT molecular complexity index is 596. The van der Waals surface area contributed by atoms with Crippen LogP contribution in [0.15, 0.2) is 42.6 Å². The lowest BCUT2D eigenvalue weighted by atomic mass is 10.1. The van der Waals surface area contributed by atoms with Gasteiger partial charge in [0.1, 0.15) is 5.75 Å². The van der Waals surface area contributed by atoms with E-state index in [1.54, 1.807) is 12.1 Å². The molecule has 6 heteroatoms. The van der Waals surface area contributed by atoms with Gasteiger partial charge in [-0.05, 0) is 24.3 Å². The lowest BCUT2D eigenvalue weighted by molar-refractivity contribution is -0.274. The fourth-order valence-electron chi connectivity index (χ4n) is 1.59. The van der Waals surface area contributed by atoms with Crippen molar-refractivity contribution < 1.29 is 22.7 Å². The highest BCUT2D eigenvalue weighted by Gasteiger charge is 2.31. The molecule has 3 nitrogen and oxygen atoms in total. The van der Waals surface area contributed by atoms with E-state index in [0.29, 0.717) is 23.1 Å². The quantitative estimate of drug-likeness (QED) is 0.799. The van der Waals surface area contributed by atoms with Gasteiger partial charge in [-0.3, -0.25) is 9.78 Å². The Morgan fingerprint density at radius 2 is 1.95 bits per heavy atom. The minimum absolute atomic E-state index is 0.298. The van der Waals surface area contributed by atoms with Crippen LogP contribution < -0.4 is 4.74 Å². The zero-order valence-corrected chi connectivity index (χ0v) is 9.52. The number of nitrogens with zero attached hydrogens (tertiary/aromatic N) is 1. The van der Waals surface area contributed by atoms with Gasteiger partial charge in [-0.15, -0.1) is 13.2 Å². The zero-order chi connectivity index (χ0) is 13.9. The Balaban J connectivity index is 2.41. The van der Waals surface area contributed by atoms with Crippen LogP contribution in [0.3, 0.4) is 0 Å². The van der Waals surface area contributed by atoms with Crippen molar-refractivity contribution in [3.05, 3.63) is 48.2 Å². The average molecular weight is 267 g/mol. The maximum Gasteiger partial charge on any atom is 0.573 e. The van der Waals surface area contributed by atoms with Crippen LogP contribution in [-0.2, 0) is 0 Å². The largest absolute Gasteiger partial charge is 0.573 e. The molecule has 98 valence electrons. The first-order valence-corrected chi connectivity index (χ1v) is 5.26. The Morgan fingerprint density at radius 3 is 2.63 bits per heavy atom. The van der Waals surface area contributed by atoms with Crippen LogP contribution in [0.2, 0.25) is 0 Å². The van der Waals surface area contributed by atoms with E-state index in [0.717, 1.165) is 0 Å². The molecule has 1 aromatic heterocycles. The summed E-state index contributed by atoms with van der Waals surface area (Å²) in [4.78, 5) is 14.9. The number of carbonyl (C=O) groups excluding carboxylic acids is 1. The van der Waals surface area contributed by atoms with E-state index in [-0.39, 0.29) is 5.75 Å². The Kier molecular flexibility index (Phi) is 3.50. The maximum atomic E-state index is 12.1. The van der Waals surface area contributed by atoms with E-state index in [1.807, 2.05) is 0 Å². The standard InChI is InChI=1S/C13H8F3NO2/c14-13(15,16)19-11-5-1-3-9(7-11)12-10(8-18)4-2-6-17-12/h1-8H. The molecule has 0 fully saturated rings. The molecule has 2 aromatic rings. The first-order valence-electron chi connectivity index (χ1n) is 5.26. The van der Waals surface area contributed by atoms with Crippen LogP contribution >= 0.6 is 0 Å². The van der Waals surface area contributed by atoms with Crippen LogP contribution in [0.1, 0.15) is 10.4 Å². The molecule has 0 bridgehead atoms. The Hall–Kier alpha value is -2.37. The van der Waals surface area contributed by atoms with Gasteiger partial charge >= 0.3 is 6.36 Å². The summed E-state index contributed by atoms with van der Waals surface area (Å²) in [6, 6.07) is 8.43.